The van der Waals surface area contributed by atoms with Crippen LogP contribution in [-0.2, 0) is 5.54 Å². The van der Waals surface area contributed by atoms with E-state index in [-0.39, 0.29) is 28.5 Å². The summed E-state index contributed by atoms with van der Waals surface area (Å²) < 4.78 is 15.6. The van der Waals surface area contributed by atoms with Crippen molar-refractivity contribution in [1.29, 1.82) is 0 Å². The minimum Gasteiger partial charge on any atom is -0.318 e. The normalized spacial score (nSPS) is 11.6. The summed E-state index contributed by atoms with van der Waals surface area (Å²) in [4.78, 5) is 22.6. The van der Waals surface area contributed by atoms with Crippen LogP contribution in [-0.4, -0.2) is 20.6 Å². The molecule has 2 aromatic rings. The van der Waals surface area contributed by atoms with Gasteiger partial charge in [-0.05, 0) is 38.8 Å². The number of rotatable bonds is 4. The molecule has 1 aromatic carbocycles. The lowest BCUT2D eigenvalue weighted by Crippen LogP contribution is -2.26. The van der Waals surface area contributed by atoms with Gasteiger partial charge in [0.15, 0.2) is 5.69 Å². The first kappa shape index (κ1) is 18.6. The number of non-ortho nitro benzene ring substituents is 1. The van der Waals surface area contributed by atoms with Crippen molar-refractivity contribution in [3.05, 3.63) is 51.6 Å². The van der Waals surface area contributed by atoms with E-state index < -0.39 is 16.6 Å². The third-order valence-corrected chi connectivity index (χ3v) is 3.61. The summed E-state index contributed by atoms with van der Waals surface area (Å²) in [5.41, 5.74) is 0.117. The average molecular weight is 348 g/mol. The maximum atomic E-state index is 13.8. The highest BCUT2D eigenvalue weighted by atomic mass is 19.1. The SMILES string of the molecule is CC(C)c1cc(C(=O)Nc2cc([N+](=O)[O-])ccc2F)nn1C(C)(C)C. The molecule has 0 atom stereocenters. The molecule has 0 unspecified atom stereocenters. The molecule has 0 spiro atoms. The molecule has 2 rings (SSSR count). The van der Waals surface area contributed by atoms with Crippen LogP contribution in [0.2, 0.25) is 0 Å². The van der Waals surface area contributed by atoms with Crippen molar-refractivity contribution in [2.75, 3.05) is 5.32 Å². The number of carbonyl (C=O) groups excluding carboxylic acids is 1. The Balaban J connectivity index is 2.36. The molecule has 0 aliphatic rings. The van der Waals surface area contributed by atoms with E-state index in [1.54, 1.807) is 10.7 Å². The highest BCUT2D eigenvalue weighted by Crippen LogP contribution is 2.25. The highest BCUT2D eigenvalue weighted by Gasteiger charge is 2.24. The fourth-order valence-corrected chi connectivity index (χ4v) is 2.36. The molecule has 134 valence electrons. The second kappa shape index (κ2) is 6.62. The molecule has 1 N–H and O–H groups in total. The molecule has 1 amide bonds. The molecular weight excluding hydrogens is 327 g/mol. The van der Waals surface area contributed by atoms with Gasteiger partial charge < -0.3 is 5.32 Å². The maximum Gasteiger partial charge on any atom is 0.276 e. The Labute approximate surface area is 145 Å². The summed E-state index contributed by atoms with van der Waals surface area (Å²) in [6.45, 7) is 9.87. The zero-order chi connectivity index (χ0) is 18.9. The van der Waals surface area contributed by atoms with E-state index in [0.29, 0.717) is 0 Å². The molecule has 0 radical (unpaired) electrons. The van der Waals surface area contributed by atoms with E-state index in [0.717, 1.165) is 23.9 Å². The van der Waals surface area contributed by atoms with Crippen LogP contribution >= 0.6 is 0 Å². The number of anilines is 1. The summed E-state index contributed by atoms with van der Waals surface area (Å²) in [6, 6.07) is 4.62. The van der Waals surface area contributed by atoms with Gasteiger partial charge in [-0.25, -0.2) is 4.39 Å². The van der Waals surface area contributed by atoms with Gasteiger partial charge >= 0.3 is 0 Å². The number of hydrogen-bond donors (Lipinski definition) is 1. The number of nitro benzene ring substituents is 1. The van der Waals surface area contributed by atoms with Crippen LogP contribution in [0.15, 0.2) is 24.3 Å². The molecule has 0 fully saturated rings. The summed E-state index contributed by atoms with van der Waals surface area (Å²) in [5.74, 6) is -1.23. The highest BCUT2D eigenvalue weighted by molar-refractivity contribution is 6.03. The van der Waals surface area contributed by atoms with Gasteiger partial charge in [-0.1, -0.05) is 13.8 Å². The molecular formula is C17H21FN4O3. The van der Waals surface area contributed by atoms with E-state index in [2.05, 4.69) is 10.4 Å². The second-order valence-electron chi connectivity index (χ2n) is 7.07. The molecule has 25 heavy (non-hydrogen) atoms. The Morgan fingerprint density at radius 2 is 1.96 bits per heavy atom. The third-order valence-electron chi connectivity index (χ3n) is 3.61. The van der Waals surface area contributed by atoms with E-state index in [1.807, 2.05) is 34.6 Å². The lowest BCUT2D eigenvalue weighted by atomic mass is 10.1. The zero-order valence-corrected chi connectivity index (χ0v) is 14.8. The van der Waals surface area contributed by atoms with Crippen LogP contribution in [0.25, 0.3) is 0 Å². The molecule has 8 heteroatoms. The largest absolute Gasteiger partial charge is 0.318 e. The summed E-state index contributed by atoms with van der Waals surface area (Å²) in [7, 11) is 0. The summed E-state index contributed by atoms with van der Waals surface area (Å²) in [5, 5.41) is 17.5. The summed E-state index contributed by atoms with van der Waals surface area (Å²) >= 11 is 0. The number of nitro groups is 1. The van der Waals surface area contributed by atoms with Crippen molar-refractivity contribution in [2.24, 2.45) is 0 Å². The first-order chi connectivity index (χ1) is 11.5. The van der Waals surface area contributed by atoms with E-state index in [1.165, 1.54) is 0 Å². The van der Waals surface area contributed by atoms with Gasteiger partial charge in [0, 0.05) is 17.8 Å². The van der Waals surface area contributed by atoms with Crippen LogP contribution in [0.4, 0.5) is 15.8 Å². The average Bonchev–Trinajstić information content (AvgIpc) is 2.95. The molecule has 0 aliphatic carbocycles. The first-order valence-electron chi connectivity index (χ1n) is 7.86. The Morgan fingerprint density at radius 1 is 1.32 bits per heavy atom. The quantitative estimate of drug-likeness (QED) is 0.666. The molecule has 0 saturated carbocycles. The molecule has 0 bridgehead atoms. The Morgan fingerprint density at radius 3 is 2.44 bits per heavy atom. The van der Waals surface area contributed by atoms with E-state index >= 15 is 0 Å². The van der Waals surface area contributed by atoms with Crippen molar-refractivity contribution in [2.45, 2.75) is 46.1 Å². The van der Waals surface area contributed by atoms with Gasteiger partial charge in [0.05, 0.1) is 16.1 Å². The van der Waals surface area contributed by atoms with Crippen LogP contribution in [0.1, 0.15) is 56.7 Å². The lowest BCUT2D eigenvalue weighted by Gasteiger charge is -2.23. The number of benzene rings is 1. The van der Waals surface area contributed by atoms with Crippen molar-refractivity contribution >= 4 is 17.3 Å². The fraction of sp³-hybridized carbons (Fsp3) is 0.412. The number of amides is 1. The number of halogens is 1. The van der Waals surface area contributed by atoms with E-state index in [9.17, 15) is 19.3 Å². The minimum atomic E-state index is -0.752. The predicted octanol–water partition coefficient (Wildman–Crippen LogP) is 4.06. The zero-order valence-electron chi connectivity index (χ0n) is 14.8. The van der Waals surface area contributed by atoms with Gasteiger partial charge in [-0.15, -0.1) is 0 Å². The Hall–Kier alpha value is -2.77. The van der Waals surface area contributed by atoms with Gasteiger partial charge in [0.1, 0.15) is 5.82 Å². The van der Waals surface area contributed by atoms with Gasteiger partial charge in [0.2, 0.25) is 0 Å². The first-order valence-corrected chi connectivity index (χ1v) is 7.86. The van der Waals surface area contributed by atoms with Crippen molar-refractivity contribution < 1.29 is 14.1 Å². The van der Waals surface area contributed by atoms with Crippen molar-refractivity contribution in [1.82, 2.24) is 9.78 Å². The Bertz CT molecular complexity index is 822. The molecule has 1 aromatic heterocycles. The van der Waals surface area contributed by atoms with Crippen molar-refractivity contribution in [3.63, 3.8) is 0 Å². The lowest BCUT2D eigenvalue weighted by molar-refractivity contribution is -0.384. The van der Waals surface area contributed by atoms with E-state index in [4.69, 9.17) is 0 Å². The minimum absolute atomic E-state index is 0.129. The number of nitrogens with one attached hydrogen (secondary N) is 1. The van der Waals surface area contributed by atoms with Crippen LogP contribution in [0, 0.1) is 15.9 Å². The monoisotopic (exact) mass is 348 g/mol. The fourth-order valence-electron chi connectivity index (χ4n) is 2.36. The third kappa shape index (κ3) is 4.01. The smallest absolute Gasteiger partial charge is 0.276 e. The standard InChI is InChI=1S/C17H21FN4O3/c1-10(2)15-9-14(20-21(15)17(3,4)5)16(23)19-13-8-11(22(24)25)6-7-12(13)18/h6-10H,1-5H3,(H,19,23). The summed E-state index contributed by atoms with van der Waals surface area (Å²) in [6.07, 6.45) is 0. The van der Waals surface area contributed by atoms with Crippen LogP contribution in [0.3, 0.4) is 0 Å². The van der Waals surface area contributed by atoms with Crippen molar-refractivity contribution in [3.8, 4) is 0 Å². The molecule has 0 saturated heterocycles. The van der Waals surface area contributed by atoms with Gasteiger partial charge in [-0.3, -0.25) is 19.6 Å². The topological polar surface area (TPSA) is 90.1 Å². The number of nitrogens with zero attached hydrogens (tertiary/aromatic N) is 3. The van der Waals surface area contributed by atoms with Gasteiger partial charge in [0.25, 0.3) is 11.6 Å². The molecule has 7 nitrogen and oxygen atoms in total. The van der Waals surface area contributed by atoms with Gasteiger partial charge in [-0.2, -0.15) is 5.10 Å². The van der Waals surface area contributed by atoms with Crippen LogP contribution < -0.4 is 5.32 Å². The number of hydrogen-bond acceptors (Lipinski definition) is 4. The molecule has 0 aliphatic heterocycles. The predicted molar refractivity (Wildman–Crippen MR) is 92.3 cm³/mol. The van der Waals surface area contributed by atoms with Crippen LogP contribution in [0.5, 0.6) is 0 Å². The molecule has 1 heterocycles. The number of aromatic nitrogens is 2. The number of carbonyl (C=O) groups is 1. The second-order valence-corrected chi connectivity index (χ2v) is 7.07. The Kier molecular flexibility index (Phi) is 4.92. The maximum absolute atomic E-state index is 13.8.